The Morgan fingerprint density at radius 1 is 1.00 bits per heavy atom. The summed E-state index contributed by atoms with van der Waals surface area (Å²) in [6, 6.07) is 9.33. The molecule has 2 fully saturated rings. The number of nitrogens with one attached hydrogen (secondary N) is 1. The van der Waals surface area contributed by atoms with E-state index in [9.17, 15) is 14.4 Å². The second kappa shape index (κ2) is 11.4. The van der Waals surface area contributed by atoms with E-state index in [-0.39, 0.29) is 30.8 Å². The van der Waals surface area contributed by atoms with Gasteiger partial charge in [-0.1, -0.05) is 12.1 Å². The van der Waals surface area contributed by atoms with Crippen molar-refractivity contribution in [2.45, 2.75) is 31.8 Å². The molecule has 3 heterocycles. The highest BCUT2D eigenvalue weighted by molar-refractivity contribution is 5.88. The van der Waals surface area contributed by atoms with Crippen molar-refractivity contribution in [1.29, 1.82) is 0 Å². The Balaban J connectivity index is 1.32. The zero-order chi connectivity index (χ0) is 24.8. The monoisotopic (exact) mass is 483 g/mol. The molecule has 0 spiro atoms. The molecule has 1 aromatic heterocycles. The molecule has 2 aliphatic rings. The number of nitrogens with two attached hydrogens (primary N) is 1. The molecule has 4 rings (SSSR count). The summed E-state index contributed by atoms with van der Waals surface area (Å²) >= 11 is 0. The zero-order valence-electron chi connectivity index (χ0n) is 19.8. The first kappa shape index (κ1) is 24.8. The molecular formula is C24H33N7O4. The number of benzene rings is 1. The number of rotatable bonds is 6. The zero-order valence-corrected chi connectivity index (χ0v) is 19.8. The maximum atomic E-state index is 12.6. The summed E-state index contributed by atoms with van der Waals surface area (Å²) in [4.78, 5) is 46.6. The first-order valence-corrected chi connectivity index (χ1v) is 12.0. The molecule has 1 aromatic carbocycles. The minimum atomic E-state index is -0.486. The van der Waals surface area contributed by atoms with E-state index in [0.717, 1.165) is 32.5 Å². The van der Waals surface area contributed by atoms with Crippen molar-refractivity contribution in [2.24, 2.45) is 5.73 Å². The molecule has 0 bridgehead atoms. The number of hydrogen-bond acceptors (Lipinski definition) is 7. The lowest BCUT2D eigenvalue weighted by Gasteiger charge is -2.34. The van der Waals surface area contributed by atoms with Gasteiger partial charge in [-0.15, -0.1) is 0 Å². The summed E-state index contributed by atoms with van der Waals surface area (Å²) in [5.41, 5.74) is 7.37. The number of likely N-dealkylation sites (tertiary alicyclic amines) is 1. The number of carbonyl (C=O) groups is 2. The van der Waals surface area contributed by atoms with Gasteiger partial charge in [0.25, 0.3) is 0 Å². The van der Waals surface area contributed by atoms with Gasteiger partial charge in [-0.25, -0.2) is 9.59 Å². The average Bonchev–Trinajstić information content (AvgIpc) is 2.86. The van der Waals surface area contributed by atoms with Crippen molar-refractivity contribution in [3.8, 4) is 5.69 Å². The van der Waals surface area contributed by atoms with E-state index in [4.69, 9.17) is 10.8 Å². The third-order valence-corrected chi connectivity index (χ3v) is 6.54. The molecule has 4 N–H and O–H groups in total. The molecule has 0 aliphatic carbocycles. The lowest BCUT2D eigenvalue weighted by molar-refractivity contribution is -0.133. The summed E-state index contributed by atoms with van der Waals surface area (Å²) < 4.78 is 1.44. The van der Waals surface area contributed by atoms with E-state index in [1.807, 2.05) is 24.3 Å². The quantitative estimate of drug-likeness (QED) is 0.534. The average molecular weight is 484 g/mol. The Morgan fingerprint density at radius 2 is 1.66 bits per heavy atom. The highest BCUT2D eigenvalue weighted by Crippen LogP contribution is 2.15. The molecule has 2 aromatic rings. The number of nitrogens with zero attached hydrogens (tertiary/aromatic N) is 5. The number of aliphatic hydroxyl groups is 1. The molecule has 3 amide bonds. The van der Waals surface area contributed by atoms with Crippen molar-refractivity contribution >= 4 is 17.8 Å². The van der Waals surface area contributed by atoms with Crippen molar-refractivity contribution < 1.29 is 14.7 Å². The third kappa shape index (κ3) is 6.44. The van der Waals surface area contributed by atoms with Gasteiger partial charge < -0.3 is 20.6 Å². The SMILES string of the molecule is NC1CCN(Cc2ccc(-n3ccc(NC(=O)N4CCN(C(=O)CCO)CC4)nc3=O)cc2)CC1. The van der Waals surface area contributed by atoms with Gasteiger partial charge in [0.15, 0.2) is 0 Å². The molecule has 0 atom stereocenters. The van der Waals surface area contributed by atoms with Crippen LogP contribution in [0, 0.1) is 0 Å². The van der Waals surface area contributed by atoms with Crippen LogP contribution < -0.4 is 16.7 Å². The molecule has 2 aliphatic heterocycles. The van der Waals surface area contributed by atoms with Crippen molar-refractivity contribution in [1.82, 2.24) is 24.3 Å². The lowest BCUT2D eigenvalue weighted by Crippen LogP contribution is -2.51. The van der Waals surface area contributed by atoms with Crippen LogP contribution in [0.5, 0.6) is 0 Å². The van der Waals surface area contributed by atoms with Crippen molar-refractivity contribution in [3.05, 3.63) is 52.6 Å². The largest absolute Gasteiger partial charge is 0.396 e. The minimum Gasteiger partial charge on any atom is -0.396 e. The molecule has 188 valence electrons. The Morgan fingerprint density at radius 3 is 2.29 bits per heavy atom. The second-order valence-electron chi connectivity index (χ2n) is 9.02. The molecule has 11 nitrogen and oxygen atoms in total. The van der Waals surface area contributed by atoms with Gasteiger partial charge in [-0.2, -0.15) is 4.98 Å². The van der Waals surface area contributed by atoms with Gasteiger partial charge in [0.1, 0.15) is 5.82 Å². The fraction of sp³-hybridized carbons (Fsp3) is 0.500. The van der Waals surface area contributed by atoms with Crippen LogP contribution in [0.2, 0.25) is 0 Å². The fourth-order valence-electron chi connectivity index (χ4n) is 4.40. The first-order valence-electron chi connectivity index (χ1n) is 12.0. The number of aromatic nitrogens is 2. The number of amides is 3. The molecular weight excluding hydrogens is 450 g/mol. The fourth-order valence-corrected chi connectivity index (χ4v) is 4.40. The van der Waals surface area contributed by atoms with E-state index >= 15 is 0 Å². The third-order valence-electron chi connectivity index (χ3n) is 6.54. The van der Waals surface area contributed by atoms with E-state index in [0.29, 0.717) is 37.9 Å². The number of hydrogen-bond donors (Lipinski definition) is 3. The van der Waals surface area contributed by atoms with E-state index in [2.05, 4.69) is 15.2 Å². The Labute approximate surface area is 204 Å². The number of anilines is 1. The highest BCUT2D eigenvalue weighted by atomic mass is 16.3. The van der Waals surface area contributed by atoms with Crippen LogP contribution in [-0.2, 0) is 11.3 Å². The minimum absolute atomic E-state index is 0.0861. The van der Waals surface area contributed by atoms with Crippen LogP contribution >= 0.6 is 0 Å². The normalized spacial score (nSPS) is 17.4. The summed E-state index contributed by atoms with van der Waals surface area (Å²) in [5.74, 6) is 0.0528. The Bertz CT molecular complexity index is 1070. The molecule has 2 saturated heterocycles. The van der Waals surface area contributed by atoms with Crippen LogP contribution in [0.1, 0.15) is 24.8 Å². The second-order valence-corrected chi connectivity index (χ2v) is 9.02. The Kier molecular flexibility index (Phi) is 8.11. The lowest BCUT2D eigenvalue weighted by atomic mass is 10.1. The number of piperazine rings is 1. The summed E-state index contributed by atoms with van der Waals surface area (Å²) in [5, 5.41) is 11.6. The Hall–Kier alpha value is -3.28. The predicted octanol–water partition coefficient (Wildman–Crippen LogP) is 0.214. The predicted molar refractivity (Wildman–Crippen MR) is 131 cm³/mol. The van der Waals surface area contributed by atoms with Crippen LogP contribution in [0.25, 0.3) is 5.69 Å². The molecule has 0 unspecified atom stereocenters. The van der Waals surface area contributed by atoms with Gasteiger partial charge >= 0.3 is 11.7 Å². The van der Waals surface area contributed by atoms with Crippen LogP contribution in [0.15, 0.2) is 41.3 Å². The topological polar surface area (TPSA) is 137 Å². The number of piperidine rings is 1. The van der Waals surface area contributed by atoms with Crippen LogP contribution in [-0.4, -0.2) is 93.2 Å². The van der Waals surface area contributed by atoms with Gasteiger partial charge in [0.05, 0.1) is 12.3 Å². The highest BCUT2D eigenvalue weighted by Gasteiger charge is 2.24. The number of carbonyl (C=O) groups excluding carboxylic acids is 2. The van der Waals surface area contributed by atoms with Gasteiger partial charge in [-0.3, -0.25) is 19.6 Å². The summed E-state index contributed by atoms with van der Waals surface area (Å²) in [6.45, 7) is 4.22. The number of aliphatic hydroxyl groups excluding tert-OH is 1. The van der Waals surface area contributed by atoms with E-state index < -0.39 is 5.69 Å². The molecule has 0 radical (unpaired) electrons. The van der Waals surface area contributed by atoms with E-state index in [1.54, 1.807) is 22.1 Å². The number of urea groups is 1. The van der Waals surface area contributed by atoms with Gasteiger partial charge in [-0.05, 0) is 49.7 Å². The maximum absolute atomic E-state index is 12.6. The smallest absolute Gasteiger partial charge is 0.354 e. The summed E-state index contributed by atoms with van der Waals surface area (Å²) in [7, 11) is 0. The first-order chi connectivity index (χ1) is 16.9. The summed E-state index contributed by atoms with van der Waals surface area (Å²) in [6.07, 6.45) is 3.71. The van der Waals surface area contributed by atoms with Crippen LogP contribution in [0.4, 0.5) is 10.6 Å². The molecule has 11 heteroatoms. The molecule has 35 heavy (non-hydrogen) atoms. The van der Waals surface area contributed by atoms with Gasteiger partial charge in [0.2, 0.25) is 5.91 Å². The van der Waals surface area contributed by atoms with Crippen LogP contribution in [0.3, 0.4) is 0 Å². The van der Waals surface area contributed by atoms with E-state index in [1.165, 1.54) is 10.1 Å². The van der Waals surface area contributed by atoms with Crippen molar-refractivity contribution in [3.63, 3.8) is 0 Å². The molecule has 0 saturated carbocycles. The maximum Gasteiger partial charge on any atom is 0.354 e. The van der Waals surface area contributed by atoms with Crippen molar-refractivity contribution in [2.75, 3.05) is 51.2 Å². The van der Waals surface area contributed by atoms with Gasteiger partial charge in [0, 0.05) is 51.4 Å². The standard InChI is InChI=1S/C24H33N7O4/c25-19-5-9-28(10-6-19)17-18-1-3-20(4-2-18)31-11-7-21(27-24(31)35)26-23(34)30-14-12-29(13-15-30)22(33)8-16-32/h1-4,7,11,19,32H,5-6,8-10,12-17,25H2,(H,26,27,34,35).